The first-order valence-electron chi connectivity index (χ1n) is 8.55. The van der Waals surface area contributed by atoms with Crippen molar-refractivity contribution in [3.63, 3.8) is 0 Å². The predicted molar refractivity (Wildman–Crippen MR) is 86.7 cm³/mol. The molecule has 1 aromatic rings. The first kappa shape index (κ1) is 14.9. The van der Waals surface area contributed by atoms with Crippen molar-refractivity contribution in [1.82, 2.24) is 4.90 Å². The third-order valence-electron chi connectivity index (χ3n) is 5.13. The third-order valence-corrected chi connectivity index (χ3v) is 5.13. The first-order valence-corrected chi connectivity index (χ1v) is 8.55. The highest BCUT2D eigenvalue weighted by atomic mass is 16.5. The fourth-order valence-corrected chi connectivity index (χ4v) is 4.02. The molecule has 3 nitrogen and oxygen atoms in total. The molecule has 1 aliphatic heterocycles. The van der Waals surface area contributed by atoms with Crippen molar-refractivity contribution in [2.24, 2.45) is 5.73 Å². The van der Waals surface area contributed by atoms with Crippen LogP contribution in [0.3, 0.4) is 0 Å². The zero-order valence-electron chi connectivity index (χ0n) is 13.2. The summed E-state index contributed by atoms with van der Waals surface area (Å²) in [5.74, 6) is 1.07. The van der Waals surface area contributed by atoms with Crippen LogP contribution < -0.4 is 10.5 Å². The molecule has 0 spiro atoms. The molecule has 0 saturated heterocycles. The molecule has 1 aromatic carbocycles. The van der Waals surface area contributed by atoms with E-state index in [4.69, 9.17) is 10.5 Å². The smallest absolute Gasteiger partial charge is 0.122 e. The van der Waals surface area contributed by atoms with Crippen LogP contribution in [-0.2, 0) is 6.42 Å². The number of hydrogen-bond acceptors (Lipinski definition) is 3. The molecule has 1 fully saturated rings. The van der Waals surface area contributed by atoms with Crippen molar-refractivity contribution in [2.75, 3.05) is 19.7 Å². The predicted octanol–water partition coefficient (Wildman–Crippen LogP) is 3.28. The van der Waals surface area contributed by atoms with Gasteiger partial charge in [0, 0.05) is 25.0 Å². The van der Waals surface area contributed by atoms with Gasteiger partial charge >= 0.3 is 0 Å². The Kier molecular flexibility index (Phi) is 4.81. The molecule has 0 amide bonds. The average molecular weight is 288 g/mol. The lowest BCUT2D eigenvalue weighted by Crippen LogP contribution is -2.42. The maximum atomic E-state index is 6.16. The van der Waals surface area contributed by atoms with E-state index in [9.17, 15) is 0 Å². The van der Waals surface area contributed by atoms with E-state index < -0.39 is 0 Å². The van der Waals surface area contributed by atoms with E-state index in [0.717, 1.165) is 25.3 Å². The van der Waals surface area contributed by atoms with E-state index >= 15 is 0 Å². The van der Waals surface area contributed by atoms with Gasteiger partial charge in [-0.3, -0.25) is 4.90 Å². The molecular weight excluding hydrogens is 260 g/mol. The Labute approximate surface area is 128 Å². The van der Waals surface area contributed by atoms with Gasteiger partial charge in [-0.1, -0.05) is 38.3 Å². The van der Waals surface area contributed by atoms with Gasteiger partial charge in [-0.05, 0) is 36.6 Å². The summed E-state index contributed by atoms with van der Waals surface area (Å²) in [6, 6.07) is 7.74. The number of ether oxygens (including phenoxy) is 1. The quantitative estimate of drug-likeness (QED) is 0.903. The third kappa shape index (κ3) is 3.09. The molecule has 2 aliphatic rings. The SMILES string of the molecule is CCN(C1CCCCC1)C(CN)c1ccc2c(c1)CCO2. The van der Waals surface area contributed by atoms with Crippen LogP contribution in [0.1, 0.15) is 56.2 Å². The normalized spacial score (nSPS) is 20.3. The largest absolute Gasteiger partial charge is 0.493 e. The van der Waals surface area contributed by atoms with Crippen LogP contribution in [0.25, 0.3) is 0 Å². The van der Waals surface area contributed by atoms with Crippen molar-refractivity contribution in [2.45, 2.75) is 57.5 Å². The summed E-state index contributed by atoms with van der Waals surface area (Å²) in [5, 5.41) is 0. The van der Waals surface area contributed by atoms with Gasteiger partial charge in [0.1, 0.15) is 5.75 Å². The number of likely N-dealkylation sites (N-methyl/N-ethyl adjacent to an activating group) is 1. The Balaban J connectivity index is 1.81. The van der Waals surface area contributed by atoms with Gasteiger partial charge in [0.2, 0.25) is 0 Å². The summed E-state index contributed by atoms with van der Waals surface area (Å²) in [4.78, 5) is 2.64. The van der Waals surface area contributed by atoms with E-state index in [1.54, 1.807) is 0 Å². The minimum Gasteiger partial charge on any atom is -0.493 e. The summed E-state index contributed by atoms with van der Waals surface area (Å²) in [6.07, 6.45) is 7.84. The van der Waals surface area contributed by atoms with E-state index in [-0.39, 0.29) is 0 Å². The highest BCUT2D eigenvalue weighted by molar-refractivity contribution is 5.41. The molecule has 2 N–H and O–H groups in total. The molecule has 1 heterocycles. The fraction of sp³-hybridized carbons (Fsp3) is 0.667. The Morgan fingerprint density at radius 3 is 2.81 bits per heavy atom. The zero-order valence-corrected chi connectivity index (χ0v) is 13.2. The van der Waals surface area contributed by atoms with Crippen LogP contribution in [0.15, 0.2) is 18.2 Å². The van der Waals surface area contributed by atoms with Crippen molar-refractivity contribution in [3.05, 3.63) is 29.3 Å². The van der Waals surface area contributed by atoms with Gasteiger partial charge in [0.25, 0.3) is 0 Å². The molecule has 1 unspecified atom stereocenters. The second-order valence-corrected chi connectivity index (χ2v) is 6.34. The molecule has 116 valence electrons. The average Bonchev–Trinajstić information content (AvgIpc) is 3.00. The Bertz CT molecular complexity index is 468. The van der Waals surface area contributed by atoms with Crippen LogP contribution in [0.4, 0.5) is 0 Å². The molecule has 3 rings (SSSR count). The van der Waals surface area contributed by atoms with Crippen molar-refractivity contribution < 1.29 is 4.74 Å². The fourth-order valence-electron chi connectivity index (χ4n) is 4.02. The van der Waals surface area contributed by atoms with E-state index in [2.05, 4.69) is 30.0 Å². The monoisotopic (exact) mass is 288 g/mol. The first-order chi connectivity index (χ1) is 10.3. The second kappa shape index (κ2) is 6.80. The molecule has 0 bridgehead atoms. The summed E-state index contributed by atoms with van der Waals surface area (Å²) < 4.78 is 5.63. The van der Waals surface area contributed by atoms with Gasteiger partial charge in [-0.2, -0.15) is 0 Å². The summed E-state index contributed by atoms with van der Waals surface area (Å²) in [5.41, 5.74) is 8.88. The molecular formula is C18H28N2O. The van der Waals surface area contributed by atoms with Gasteiger partial charge in [-0.25, -0.2) is 0 Å². The maximum Gasteiger partial charge on any atom is 0.122 e. The van der Waals surface area contributed by atoms with Gasteiger partial charge < -0.3 is 10.5 Å². The molecule has 1 atom stereocenters. The highest BCUT2D eigenvalue weighted by Gasteiger charge is 2.27. The minimum absolute atomic E-state index is 0.351. The van der Waals surface area contributed by atoms with Gasteiger partial charge in [-0.15, -0.1) is 0 Å². The molecule has 0 aromatic heterocycles. The van der Waals surface area contributed by atoms with Crippen LogP contribution in [-0.4, -0.2) is 30.6 Å². The van der Waals surface area contributed by atoms with E-state index in [1.165, 1.54) is 43.2 Å². The lowest BCUT2D eigenvalue weighted by molar-refractivity contribution is 0.114. The number of nitrogens with two attached hydrogens (primary N) is 1. The van der Waals surface area contributed by atoms with Gasteiger partial charge in [0.05, 0.1) is 6.61 Å². The van der Waals surface area contributed by atoms with Crippen LogP contribution >= 0.6 is 0 Å². The van der Waals surface area contributed by atoms with Crippen molar-refractivity contribution in [1.29, 1.82) is 0 Å². The topological polar surface area (TPSA) is 38.5 Å². The number of nitrogens with zero attached hydrogens (tertiary/aromatic N) is 1. The number of hydrogen-bond donors (Lipinski definition) is 1. The summed E-state index contributed by atoms with van der Waals surface area (Å²) in [7, 11) is 0. The Morgan fingerprint density at radius 2 is 2.10 bits per heavy atom. The highest BCUT2D eigenvalue weighted by Crippen LogP contribution is 2.33. The number of rotatable bonds is 5. The summed E-state index contributed by atoms with van der Waals surface area (Å²) in [6.45, 7) is 4.88. The number of fused-ring (bicyclic) bond motifs is 1. The summed E-state index contributed by atoms with van der Waals surface area (Å²) >= 11 is 0. The molecule has 0 radical (unpaired) electrons. The van der Waals surface area contributed by atoms with E-state index in [0.29, 0.717) is 18.6 Å². The number of benzene rings is 1. The Morgan fingerprint density at radius 1 is 1.29 bits per heavy atom. The van der Waals surface area contributed by atoms with Crippen LogP contribution in [0.2, 0.25) is 0 Å². The molecule has 3 heteroatoms. The van der Waals surface area contributed by atoms with Gasteiger partial charge in [0.15, 0.2) is 0 Å². The standard InChI is InChI=1S/C18H28N2O/c1-2-20(16-6-4-3-5-7-16)17(13-19)14-8-9-18-15(12-14)10-11-21-18/h8-9,12,16-17H,2-7,10-11,13,19H2,1H3. The second-order valence-electron chi connectivity index (χ2n) is 6.34. The Hall–Kier alpha value is -1.06. The van der Waals surface area contributed by atoms with Crippen molar-refractivity contribution in [3.8, 4) is 5.75 Å². The van der Waals surface area contributed by atoms with E-state index in [1.807, 2.05) is 0 Å². The lowest BCUT2D eigenvalue weighted by atomic mass is 9.91. The molecule has 1 aliphatic carbocycles. The molecule has 21 heavy (non-hydrogen) atoms. The minimum atomic E-state index is 0.351. The lowest BCUT2D eigenvalue weighted by Gasteiger charge is -2.39. The molecule has 1 saturated carbocycles. The van der Waals surface area contributed by atoms with Crippen LogP contribution in [0, 0.1) is 0 Å². The zero-order chi connectivity index (χ0) is 14.7. The van der Waals surface area contributed by atoms with Crippen LogP contribution in [0.5, 0.6) is 5.75 Å². The van der Waals surface area contributed by atoms with Crippen molar-refractivity contribution >= 4 is 0 Å². The maximum absolute atomic E-state index is 6.16.